The molecule has 2 aliphatic rings. The topological polar surface area (TPSA) is 75.4 Å². The Morgan fingerprint density at radius 1 is 1.44 bits per heavy atom. The van der Waals surface area contributed by atoms with Crippen LogP contribution in [0.15, 0.2) is 18.2 Å². The van der Waals surface area contributed by atoms with Gasteiger partial charge in [0, 0.05) is 12.2 Å². The molecule has 96 valence electrons. The molecule has 0 aromatic heterocycles. The van der Waals surface area contributed by atoms with Gasteiger partial charge in [0.25, 0.3) is 0 Å². The molecule has 0 atom stereocenters. The van der Waals surface area contributed by atoms with Crippen molar-refractivity contribution in [3.8, 4) is 0 Å². The van der Waals surface area contributed by atoms with E-state index >= 15 is 0 Å². The van der Waals surface area contributed by atoms with Gasteiger partial charge in [0.2, 0.25) is 0 Å². The van der Waals surface area contributed by atoms with Crippen molar-refractivity contribution in [1.29, 1.82) is 0 Å². The van der Waals surface area contributed by atoms with E-state index in [1.807, 2.05) is 0 Å². The van der Waals surface area contributed by atoms with Gasteiger partial charge in [-0.1, -0.05) is 0 Å². The summed E-state index contributed by atoms with van der Waals surface area (Å²) in [5, 5.41) is 12.4. The van der Waals surface area contributed by atoms with Crippen molar-refractivity contribution >= 4 is 17.3 Å². The van der Waals surface area contributed by atoms with Gasteiger partial charge in [0.1, 0.15) is 0 Å². The smallest absolute Gasteiger partial charge is 0.337 e. The van der Waals surface area contributed by atoms with E-state index in [9.17, 15) is 4.79 Å². The van der Waals surface area contributed by atoms with Crippen LogP contribution in [-0.4, -0.2) is 17.6 Å². The molecule has 3 rings (SSSR count). The van der Waals surface area contributed by atoms with Crippen LogP contribution in [0.2, 0.25) is 0 Å². The van der Waals surface area contributed by atoms with E-state index < -0.39 is 5.97 Å². The number of rotatable bonds is 5. The molecule has 0 amide bonds. The van der Waals surface area contributed by atoms with Crippen molar-refractivity contribution in [2.75, 3.05) is 17.6 Å². The van der Waals surface area contributed by atoms with Crippen LogP contribution in [0.3, 0.4) is 0 Å². The van der Waals surface area contributed by atoms with E-state index in [-0.39, 0.29) is 0 Å². The van der Waals surface area contributed by atoms with Crippen LogP contribution in [0, 0.1) is 11.3 Å². The molecule has 0 unspecified atom stereocenters. The van der Waals surface area contributed by atoms with E-state index in [0.29, 0.717) is 22.4 Å². The SMILES string of the molecule is Nc1ccc(C(=O)O)c(NCC2(C3CC3)CC2)c1. The van der Waals surface area contributed by atoms with Crippen molar-refractivity contribution in [2.24, 2.45) is 11.3 Å². The number of nitrogen functional groups attached to an aromatic ring is 1. The summed E-state index contributed by atoms with van der Waals surface area (Å²) in [5.74, 6) is -0.0480. The van der Waals surface area contributed by atoms with Gasteiger partial charge in [-0.15, -0.1) is 0 Å². The number of benzene rings is 1. The third-order valence-electron chi connectivity index (χ3n) is 4.24. The van der Waals surface area contributed by atoms with Crippen LogP contribution in [0.1, 0.15) is 36.0 Å². The number of carboxylic acids is 1. The minimum absolute atomic E-state index is 0.302. The maximum absolute atomic E-state index is 11.1. The molecule has 4 heteroatoms. The van der Waals surface area contributed by atoms with Crippen LogP contribution < -0.4 is 11.1 Å². The van der Waals surface area contributed by atoms with Crippen molar-refractivity contribution < 1.29 is 9.90 Å². The number of anilines is 2. The van der Waals surface area contributed by atoms with Crippen molar-refractivity contribution in [1.82, 2.24) is 0 Å². The number of hydrogen-bond donors (Lipinski definition) is 3. The Morgan fingerprint density at radius 2 is 2.17 bits per heavy atom. The monoisotopic (exact) mass is 246 g/mol. The molecule has 0 saturated heterocycles. The Kier molecular flexibility index (Phi) is 2.47. The lowest BCUT2D eigenvalue weighted by molar-refractivity contribution is 0.0698. The van der Waals surface area contributed by atoms with Gasteiger partial charge in [-0.25, -0.2) is 4.79 Å². The summed E-state index contributed by atoms with van der Waals surface area (Å²) in [6.45, 7) is 0.876. The van der Waals surface area contributed by atoms with Gasteiger partial charge < -0.3 is 16.2 Å². The maximum atomic E-state index is 11.1. The second-order valence-electron chi connectivity index (χ2n) is 5.60. The van der Waals surface area contributed by atoms with E-state index in [1.54, 1.807) is 18.2 Å². The second-order valence-corrected chi connectivity index (χ2v) is 5.60. The van der Waals surface area contributed by atoms with Crippen LogP contribution in [0.5, 0.6) is 0 Å². The third kappa shape index (κ3) is 2.03. The first-order valence-electron chi connectivity index (χ1n) is 6.47. The number of carboxylic acid groups (broad SMARTS) is 1. The maximum Gasteiger partial charge on any atom is 0.337 e. The van der Waals surface area contributed by atoms with Gasteiger partial charge >= 0.3 is 5.97 Å². The minimum atomic E-state index is -0.909. The normalized spacial score (nSPS) is 20.4. The molecule has 0 aliphatic heterocycles. The molecular formula is C14H18N2O2. The second kappa shape index (κ2) is 3.90. The average molecular weight is 246 g/mol. The number of carbonyl (C=O) groups is 1. The Hall–Kier alpha value is -1.71. The highest BCUT2D eigenvalue weighted by Crippen LogP contribution is 2.61. The van der Waals surface area contributed by atoms with Gasteiger partial charge in [-0.3, -0.25) is 0 Å². The Bertz CT molecular complexity index is 491. The third-order valence-corrected chi connectivity index (χ3v) is 4.24. The zero-order chi connectivity index (χ0) is 12.8. The molecule has 18 heavy (non-hydrogen) atoms. The lowest BCUT2D eigenvalue weighted by Crippen LogP contribution is -2.19. The van der Waals surface area contributed by atoms with E-state index in [4.69, 9.17) is 10.8 Å². The lowest BCUT2D eigenvalue weighted by atomic mass is 10.0. The Morgan fingerprint density at radius 3 is 2.72 bits per heavy atom. The summed E-state index contributed by atoms with van der Waals surface area (Å²) in [5.41, 5.74) is 7.71. The molecule has 1 aromatic carbocycles. The van der Waals surface area contributed by atoms with Crippen molar-refractivity contribution in [3.63, 3.8) is 0 Å². The molecule has 0 spiro atoms. The Balaban J connectivity index is 1.75. The highest BCUT2D eigenvalue weighted by molar-refractivity contribution is 5.95. The van der Waals surface area contributed by atoms with E-state index in [2.05, 4.69) is 5.32 Å². The molecular weight excluding hydrogens is 228 g/mol. The van der Waals surface area contributed by atoms with Gasteiger partial charge in [-0.05, 0) is 55.2 Å². The van der Waals surface area contributed by atoms with Crippen LogP contribution >= 0.6 is 0 Å². The van der Waals surface area contributed by atoms with E-state index in [0.717, 1.165) is 12.5 Å². The molecule has 2 saturated carbocycles. The standard InChI is InChI=1S/C14H18N2O2/c15-10-3-4-11(13(17)18)12(7-10)16-8-14(5-6-14)9-1-2-9/h3-4,7,9,16H,1-2,5-6,8,15H2,(H,17,18). The zero-order valence-electron chi connectivity index (χ0n) is 10.3. The number of hydrogen-bond acceptors (Lipinski definition) is 3. The highest BCUT2D eigenvalue weighted by Gasteiger charge is 2.53. The first-order chi connectivity index (χ1) is 8.61. The molecule has 2 fully saturated rings. The van der Waals surface area contributed by atoms with E-state index in [1.165, 1.54) is 25.7 Å². The predicted octanol–water partition coefficient (Wildman–Crippen LogP) is 2.57. The lowest BCUT2D eigenvalue weighted by Gasteiger charge is -2.17. The Labute approximate surface area is 106 Å². The molecule has 0 bridgehead atoms. The van der Waals surface area contributed by atoms with Crippen LogP contribution in [0.25, 0.3) is 0 Å². The quantitative estimate of drug-likeness (QED) is 0.698. The van der Waals surface area contributed by atoms with Crippen LogP contribution in [-0.2, 0) is 0 Å². The summed E-state index contributed by atoms with van der Waals surface area (Å²) < 4.78 is 0. The number of nitrogens with two attached hydrogens (primary N) is 1. The molecule has 0 radical (unpaired) electrons. The first kappa shape index (κ1) is 11.4. The summed E-state index contributed by atoms with van der Waals surface area (Å²) >= 11 is 0. The molecule has 4 nitrogen and oxygen atoms in total. The molecule has 4 N–H and O–H groups in total. The number of nitrogens with one attached hydrogen (secondary N) is 1. The molecule has 2 aliphatic carbocycles. The average Bonchev–Trinajstić information content (AvgIpc) is 3.18. The minimum Gasteiger partial charge on any atom is -0.478 e. The fourth-order valence-corrected chi connectivity index (χ4v) is 2.75. The summed E-state index contributed by atoms with van der Waals surface area (Å²) in [6.07, 6.45) is 5.22. The molecule has 0 heterocycles. The largest absolute Gasteiger partial charge is 0.478 e. The summed E-state index contributed by atoms with van der Waals surface area (Å²) in [6, 6.07) is 4.91. The summed E-state index contributed by atoms with van der Waals surface area (Å²) in [4.78, 5) is 11.1. The predicted molar refractivity (Wildman–Crippen MR) is 70.7 cm³/mol. The van der Waals surface area contributed by atoms with Crippen molar-refractivity contribution in [2.45, 2.75) is 25.7 Å². The summed E-state index contributed by atoms with van der Waals surface area (Å²) in [7, 11) is 0. The fourth-order valence-electron chi connectivity index (χ4n) is 2.75. The van der Waals surface area contributed by atoms with Crippen LogP contribution in [0.4, 0.5) is 11.4 Å². The number of aromatic carboxylic acids is 1. The molecule has 1 aromatic rings. The van der Waals surface area contributed by atoms with Crippen molar-refractivity contribution in [3.05, 3.63) is 23.8 Å². The zero-order valence-corrected chi connectivity index (χ0v) is 10.3. The highest BCUT2D eigenvalue weighted by atomic mass is 16.4. The van der Waals surface area contributed by atoms with Gasteiger partial charge in [0.15, 0.2) is 0 Å². The van der Waals surface area contributed by atoms with Gasteiger partial charge in [-0.2, -0.15) is 0 Å². The van der Waals surface area contributed by atoms with Gasteiger partial charge in [0.05, 0.1) is 11.3 Å². The first-order valence-corrected chi connectivity index (χ1v) is 6.47. The fraction of sp³-hybridized carbons (Fsp3) is 0.500.